The van der Waals surface area contributed by atoms with Gasteiger partial charge in [-0.2, -0.15) is 0 Å². The van der Waals surface area contributed by atoms with Crippen LogP contribution in [0.3, 0.4) is 0 Å². The number of amides is 1. The molecule has 0 aromatic carbocycles. The number of nitrogens with two attached hydrogens (primary N) is 1. The van der Waals surface area contributed by atoms with Crippen molar-refractivity contribution in [1.82, 2.24) is 10.2 Å². The first-order chi connectivity index (χ1) is 11.6. The molecule has 7 nitrogen and oxygen atoms in total. The molecule has 1 fully saturated rings. The molecule has 1 aliphatic carbocycles. The highest BCUT2D eigenvalue weighted by Gasteiger charge is 2.33. The Morgan fingerprint density at radius 1 is 1.33 bits per heavy atom. The number of rotatable bonds is 8. The summed E-state index contributed by atoms with van der Waals surface area (Å²) in [6.07, 6.45) is 5.94. The van der Waals surface area contributed by atoms with Gasteiger partial charge in [-0.05, 0) is 31.7 Å². The van der Waals surface area contributed by atoms with E-state index in [1.54, 1.807) is 6.92 Å². The number of aromatic nitrogens is 2. The fourth-order valence-electron chi connectivity index (χ4n) is 2.90. The molecule has 2 rings (SSSR count). The van der Waals surface area contributed by atoms with Crippen LogP contribution in [0.5, 0.6) is 0 Å². The predicted molar refractivity (Wildman–Crippen MR) is 95.1 cm³/mol. The predicted octanol–water partition coefficient (Wildman–Crippen LogP) is 2.43. The van der Waals surface area contributed by atoms with Crippen LogP contribution in [0.4, 0.5) is 5.13 Å². The summed E-state index contributed by atoms with van der Waals surface area (Å²) in [7, 11) is 0. The number of carbonyl (C=O) groups is 2. The smallest absolute Gasteiger partial charge is 0.316 e. The van der Waals surface area contributed by atoms with Crippen LogP contribution in [0.1, 0.15) is 45.4 Å². The third-order valence-electron chi connectivity index (χ3n) is 4.15. The summed E-state index contributed by atoms with van der Waals surface area (Å²) < 4.78 is 5.49. The summed E-state index contributed by atoms with van der Waals surface area (Å²) in [6.45, 7) is 2.67. The first kappa shape index (κ1) is 19.1. The maximum absolute atomic E-state index is 12.3. The van der Waals surface area contributed by atoms with Crippen molar-refractivity contribution in [2.24, 2.45) is 11.1 Å². The van der Waals surface area contributed by atoms with Crippen molar-refractivity contribution in [2.45, 2.75) is 49.8 Å². The molecule has 24 heavy (non-hydrogen) atoms. The number of hydrogen-bond donors (Lipinski definition) is 2. The molecule has 0 spiro atoms. The van der Waals surface area contributed by atoms with E-state index in [0.29, 0.717) is 29.0 Å². The van der Waals surface area contributed by atoms with Crippen LogP contribution in [0.25, 0.3) is 0 Å². The number of thioether (sulfide) groups is 1. The van der Waals surface area contributed by atoms with Gasteiger partial charge in [-0.3, -0.25) is 9.59 Å². The molecule has 0 atom stereocenters. The maximum Gasteiger partial charge on any atom is 0.316 e. The summed E-state index contributed by atoms with van der Waals surface area (Å²) in [5, 5.41) is 11.2. The Balaban J connectivity index is 1.82. The fourth-order valence-corrected chi connectivity index (χ4v) is 4.47. The SMILES string of the molecule is CCOC(=O)CSc1nnc(NC(=O)CC2(CN)CCCCC2)s1. The van der Waals surface area contributed by atoms with Gasteiger partial charge in [-0.15, -0.1) is 10.2 Å². The normalized spacial score (nSPS) is 16.6. The molecule has 0 bridgehead atoms. The largest absolute Gasteiger partial charge is 0.465 e. The Morgan fingerprint density at radius 2 is 2.08 bits per heavy atom. The van der Waals surface area contributed by atoms with Gasteiger partial charge in [0.05, 0.1) is 12.4 Å². The minimum absolute atomic E-state index is 0.0690. The average molecular weight is 373 g/mol. The molecule has 1 heterocycles. The van der Waals surface area contributed by atoms with Crippen LogP contribution < -0.4 is 11.1 Å². The van der Waals surface area contributed by atoms with E-state index in [2.05, 4.69) is 15.5 Å². The highest BCUT2D eigenvalue weighted by atomic mass is 32.2. The van der Waals surface area contributed by atoms with E-state index in [4.69, 9.17) is 10.5 Å². The van der Waals surface area contributed by atoms with Crippen molar-refractivity contribution >= 4 is 40.1 Å². The summed E-state index contributed by atoms with van der Waals surface area (Å²) in [4.78, 5) is 23.6. The molecule has 0 radical (unpaired) electrons. The Kier molecular flexibility index (Phi) is 7.44. The zero-order chi connectivity index (χ0) is 17.4. The Hall–Kier alpha value is -1.19. The van der Waals surface area contributed by atoms with Crippen molar-refractivity contribution < 1.29 is 14.3 Å². The van der Waals surface area contributed by atoms with Gasteiger partial charge in [0, 0.05) is 6.42 Å². The van der Waals surface area contributed by atoms with E-state index in [1.807, 2.05) is 0 Å². The topological polar surface area (TPSA) is 107 Å². The van der Waals surface area contributed by atoms with Gasteiger partial charge in [-0.25, -0.2) is 0 Å². The number of nitrogens with zero attached hydrogens (tertiary/aromatic N) is 2. The number of esters is 1. The van der Waals surface area contributed by atoms with Crippen molar-refractivity contribution in [3.05, 3.63) is 0 Å². The molecule has 1 aromatic heterocycles. The standard InChI is InChI=1S/C15H24N4O3S2/c1-2-22-12(21)9-23-14-19-18-13(24-14)17-11(20)8-15(10-16)6-4-3-5-7-15/h2-10,16H2,1H3,(H,17,18,20). The summed E-state index contributed by atoms with van der Waals surface area (Å²) in [5.74, 6) is -0.168. The van der Waals surface area contributed by atoms with E-state index in [1.165, 1.54) is 29.5 Å². The lowest BCUT2D eigenvalue weighted by atomic mass is 9.72. The first-order valence-electron chi connectivity index (χ1n) is 8.19. The minimum Gasteiger partial charge on any atom is -0.465 e. The average Bonchev–Trinajstić information content (AvgIpc) is 3.01. The molecular weight excluding hydrogens is 348 g/mol. The van der Waals surface area contributed by atoms with E-state index < -0.39 is 0 Å². The van der Waals surface area contributed by atoms with E-state index in [-0.39, 0.29) is 23.0 Å². The van der Waals surface area contributed by atoms with Crippen LogP contribution in [0.15, 0.2) is 4.34 Å². The van der Waals surface area contributed by atoms with E-state index >= 15 is 0 Å². The highest BCUT2D eigenvalue weighted by Crippen LogP contribution is 2.38. The lowest BCUT2D eigenvalue weighted by Gasteiger charge is -2.35. The molecule has 1 aliphatic rings. The molecule has 134 valence electrons. The molecule has 1 amide bonds. The van der Waals surface area contributed by atoms with Crippen molar-refractivity contribution in [3.8, 4) is 0 Å². The van der Waals surface area contributed by atoms with Crippen molar-refractivity contribution in [1.29, 1.82) is 0 Å². The lowest BCUT2D eigenvalue weighted by Crippen LogP contribution is -2.36. The lowest BCUT2D eigenvalue weighted by molar-refractivity contribution is -0.139. The van der Waals surface area contributed by atoms with Crippen LogP contribution >= 0.6 is 23.1 Å². The van der Waals surface area contributed by atoms with Crippen LogP contribution in [0.2, 0.25) is 0 Å². The summed E-state index contributed by atoms with van der Waals surface area (Å²) >= 11 is 2.51. The second-order valence-corrected chi connectivity index (χ2v) is 8.16. The first-order valence-corrected chi connectivity index (χ1v) is 9.99. The van der Waals surface area contributed by atoms with Crippen LogP contribution in [-0.4, -0.2) is 41.0 Å². The van der Waals surface area contributed by atoms with Crippen molar-refractivity contribution in [2.75, 3.05) is 24.2 Å². The summed E-state index contributed by atoms with van der Waals surface area (Å²) in [5.41, 5.74) is 5.85. The van der Waals surface area contributed by atoms with Crippen LogP contribution in [0, 0.1) is 5.41 Å². The van der Waals surface area contributed by atoms with Gasteiger partial charge < -0.3 is 15.8 Å². The second-order valence-electron chi connectivity index (χ2n) is 5.96. The third kappa shape index (κ3) is 5.71. The summed E-state index contributed by atoms with van der Waals surface area (Å²) in [6, 6.07) is 0. The van der Waals surface area contributed by atoms with Gasteiger partial charge in [0.1, 0.15) is 0 Å². The van der Waals surface area contributed by atoms with Crippen LogP contribution in [-0.2, 0) is 14.3 Å². The molecule has 0 aliphatic heterocycles. The molecule has 1 saturated carbocycles. The highest BCUT2D eigenvalue weighted by molar-refractivity contribution is 8.01. The monoisotopic (exact) mass is 372 g/mol. The van der Waals surface area contributed by atoms with Gasteiger partial charge in [0.2, 0.25) is 11.0 Å². The second kappa shape index (κ2) is 9.33. The number of carbonyl (C=O) groups excluding carboxylic acids is 2. The van der Waals surface area contributed by atoms with Gasteiger partial charge in [-0.1, -0.05) is 42.4 Å². The maximum atomic E-state index is 12.3. The number of nitrogens with one attached hydrogen (secondary N) is 1. The molecule has 0 unspecified atom stereocenters. The zero-order valence-corrected chi connectivity index (χ0v) is 15.5. The zero-order valence-electron chi connectivity index (χ0n) is 13.9. The Labute approximate surface area is 150 Å². The van der Waals surface area contributed by atoms with Gasteiger partial charge in [0.15, 0.2) is 4.34 Å². The quantitative estimate of drug-likeness (QED) is 0.410. The Morgan fingerprint density at radius 3 is 2.75 bits per heavy atom. The molecule has 1 aromatic rings. The number of hydrogen-bond acceptors (Lipinski definition) is 8. The Bertz CT molecular complexity index is 559. The third-order valence-corrected chi connectivity index (χ3v) is 6.10. The molecule has 9 heteroatoms. The van der Waals surface area contributed by atoms with Gasteiger partial charge >= 0.3 is 5.97 Å². The van der Waals surface area contributed by atoms with Gasteiger partial charge in [0.25, 0.3) is 0 Å². The van der Waals surface area contributed by atoms with E-state index in [9.17, 15) is 9.59 Å². The molecule has 0 saturated heterocycles. The van der Waals surface area contributed by atoms with Crippen molar-refractivity contribution in [3.63, 3.8) is 0 Å². The molecule has 3 N–H and O–H groups in total. The minimum atomic E-state index is -0.287. The number of anilines is 1. The van der Waals surface area contributed by atoms with E-state index in [0.717, 1.165) is 25.7 Å². The fraction of sp³-hybridized carbons (Fsp3) is 0.733. The number of ether oxygens (including phenoxy) is 1. The molecular formula is C15H24N4O3S2.